The lowest BCUT2D eigenvalue weighted by atomic mass is 9.94. The van der Waals surface area contributed by atoms with Gasteiger partial charge in [-0.25, -0.2) is 8.42 Å². The Morgan fingerprint density at radius 2 is 1.75 bits per heavy atom. The average molecular weight is 364 g/mol. The Hall–Kier alpha value is -1.36. The molecule has 1 heterocycles. The molecule has 0 spiro atoms. The van der Waals surface area contributed by atoms with E-state index in [4.69, 9.17) is 11.6 Å². The molecule has 0 aromatic heterocycles. The number of aryl methyl sites for hydroxylation is 1. The third-order valence-electron chi connectivity index (χ3n) is 4.64. The van der Waals surface area contributed by atoms with Crippen molar-refractivity contribution < 1.29 is 8.42 Å². The number of hydrogen-bond donors (Lipinski definition) is 0. The zero-order valence-corrected chi connectivity index (χ0v) is 15.4. The molecule has 3 nitrogen and oxygen atoms in total. The first-order chi connectivity index (χ1) is 11.5. The molecule has 0 aliphatic carbocycles. The van der Waals surface area contributed by atoms with Crippen LogP contribution in [0.4, 0.5) is 0 Å². The van der Waals surface area contributed by atoms with Crippen LogP contribution in [0.15, 0.2) is 53.4 Å². The molecule has 128 valence electrons. The normalized spacial score (nSPS) is 19.8. The minimum Gasteiger partial charge on any atom is -0.207 e. The van der Waals surface area contributed by atoms with E-state index in [1.807, 2.05) is 43.3 Å². The maximum Gasteiger partial charge on any atom is 0.243 e. The highest BCUT2D eigenvalue weighted by atomic mass is 35.5. The largest absolute Gasteiger partial charge is 0.243 e. The van der Waals surface area contributed by atoms with Crippen molar-refractivity contribution in [3.63, 3.8) is 0 Å². The Morgan fingerprint density at radius 1 is 1.04 bits per heavy atom. The summed E-state index contributed by atoms with van der Waals surface area (Å²) in [5, 5.41) is 0.720. The summed E-state index contributed by atoms with van der Waals surface area (Å²) >= 11 is 6.34. The van der Waals surface area contributed by atoms with Crippen molar-refractivity contribution in [2.45, 2.75) is 37.0 Å². The van der Waals surface area contributed by atoms with Crippen molar-refractivity contribution in [2.24, 2.45) is 0 Å². The van der Waals surface area contributed by atoms with Crippen LogP contribution < -0.4 is 0 Å². The topological polar surface area (TPSA) is 37.4 Å². The van der Waals surface area contributed by atoms with Crippen molar-refractivity contribution in [3.8, 4) is 0 Å². The molecule has 1 aliphatic heterocycles. The van der Waals surface area contributed by atoms with Crippen molar-refractivity contribution in [1.82, 2.24) is 4.31 Å². The van der Waals surface area contributed by atoms with E-state index in [2.05, 4.69) is 0 Å². The lowest BCUT2D eigenvalue weighted by molar-refractivity contribution is 0.406. The molecule has 3 rings (SSSR count). The Kier molecular flexibility index (Phi) is 5.28. The second-order valence-corrected chi connectivity index (χ2v) is 8.74. The fourth-order valence-electron chi connectivity index (χ4n) is 3.24. The van der Waals surface area contributed by atoms with Gasteiger partial charge in [0.25, 0.3) is 0 Å². The second-order valence-electron chi connectivity index (χ2n) is 6.39. The minimum absolute atomic E-state index is 0.140. The van der Waals surface area contributed by atoms with Gasteiger partial charge in [0.05, 0.1) is 4.90 Å². The molecular weight excluding hydrogens is 342 g/mol. The summed E-state index contributed by atoms with van der Waals surface area (Å²) in [5.41, 5.74) is 2.10. The van der Waals surface area contributed by atoms with E-state index in [-0.39, 0.29) is 5.92 Å². The summed E-state index contributed by atoms with van der Waals surface area (Å²) in [4.78, 5) is 0.368. The molecule has 0 bridgehead atoms. The van der Waals surface area contributed by atoms with Gasteiger partial charge in [0.1, 0.15) is 0 Å². The molecule has 24 heavy (non-hydrogen) atoms. The van der Waals surface area contributed by atoms with Crippen molar-refractivity contribution in [1.29, 1.82) is 0 Å². The highest BCUT2D eigenvalue weighted by Gasteiger charge is 2.30. The molecule has 0 radical (unpaired) electrons. The van der Waals surface area contributed by atoms with Crippen LogP contribution in [0.2, 0.25) is 5.02 Å². The van der Waals surface area contributed by atoms with E-state index in [9.17, 15) is 8.42 Å². The fraction of sp³-hybridized carbons (Fsp3) is 0.368. The minimum atomic E-state index is -3.47. The number of hydrogen-bond acceptors (Lipinski definition) is 2. The number of rotatable bonds is 3. The van der Waals surface area contributed by atoms with Crippen LogP contribution in [-0.2, 0) is 10.0 Å². The van der Waals surface area contributed by atoms with Crippen LogP contribution in [0, 0.1) is 6.92 Å². The monoisotopic (exact) mass is 363 g/mol. The smallest absolute Gasteiger partial charge is 0.207 e. The van der Waals surface area contributed by atoms with Gasteiger partial charge in [-0.1, -0.05) is 53.9 Å². The third-order valence-corrected chi connectivity index (χ3v) is 6.86. The molecule has 5 heteroatoms. The Bertz CT molecular complexity index is 802. The van der Waals surface area contributed by atoms with Crippen molar-refractivity contribution in [3.05, 3.63) is 64.7 Å². The maximum atomic E-state index is 13.0. The SMILES string of the molecule is Cc1ccc(S(=O)(=O)N2CCCCC(c3ccccc3Cl)C2)cc1. The first kappa shape index (κ1) is 17.5. The quantitative estimate of drug-likeness (QED) is 0.798. The molecule has 1 aliphatic rings. The molecule has 2 aromatic carbocycles. The molecule has 1 saturated heterocycles. The van der Waals surface area contributed by atoms with Crippen LogP contribution in [0.1, 0.15) is 36.3 Å². The van der Waals surface area contributed by atoms with Gasteiger partial charge < -0.3 is 0 Å². The van der Waals surface area contributed by atoms with E-state index in [1.165, 1.54) is 0 Å². The van der Waals surface area contributed by atoms with Crippen LogP contribution in [0.3, 0.4) is 0 Å². The molecule has 0 saturated carbocycles. The van der Waals surface area contributed by atoms with Crippen LogP contribution >= 0.6 is 11.6 Å². The molecule has 1 unspecified atom stereocenters. The predicted octanol–water partition coefficient (Wildman–Crippen LogP) is 4.61. The average Bonchev–Trinajstić information content (AvgIpc) is 2.82. The van der Waals surface area contributed by atoms with Gasteiger partial charge in [-0.05, 0) is 49.4 Å². The summed E-state index contributed by atoms with van der Waals surface area (Å²) in [5.74, 6) is 0.140. The van der Waals surface area contributed by atoms with Crippen LogP contribution in [-0.4, -0.2) is 25.8 Å². The maximum absolute atomic E-state index is 13.0. The van der Waals surface area contributed by atoms with Gasteiger partial charge in [-0.2, -0.15) is 4.31 Å². The van der Waals surface area contributed by atoms with Gasteiger partial charge in [-0.15, -0.1) is 0 Å². The van der Waals surface area contributed by atoms with E-state index in [0.29, 0.717) is 18.0 Å². The molecule has 0 N–H and O–H groups in total. The zero-order valence-electron chi connectivity index (χ0n) is 13.8. The van der Waals surface area contributed by atoms with Gasteiger partial charge in [-0.3, -0.25) is 0 Å². The van der Waals surface area contributed by atoms with Gasteiger partial charge in [0.15, 0.2) is 0 Å². The summed E-state index contributed by atoms with van der Waals surface area (Å²) < 4.78 is 27.6. The summed E-state index contributed by atoms with van der Waals surface area (Å²) in [7, 11) is -3.47. The van der Waals surface area contributed by atoms with Crippen molar-refractivity contribution >= 4 is 21.6 Å². The highest BCUT2D eigenvalue weighted by molar-refractivity contribution is 7.89. The van der Waals surface area contributed by atoms with E-state index in [0.717, 1.165) is 35.4 Å². The Balaban J connectivity index is 1.90. The molecule has 2 aromatic rings. The summed E-state index contributed by atoms with van der Waals surface area (Å²) in [6, 6.07) is 14.8. The fourth-order valence-corrected chi connectivity index (χ4v) is 5.06. The third kappa shape index (κ3) is 3.66. The van der Waals surface area contributed by atoms with E-state index < -0.39 is 10.0 Å². The molecular formula is C19H22ClNO2S. The van der Waals surface area contributed by atoms with E-state index >= 15 is 0 Å². The number of benzene rings is 2. The van der Waals surface area contributed by atoms with Gasteiger partial charge in [0, 0.05) is 18.1 Å². The first-order valence-corrected chi connectivity index (χ1v) is 10.1. The Labute approximate surface area is 149 Å². The highest BCUT2D eigenvalue weighted by Crippen LogP contribution is 2.33. The standard InChI is InChI=1S/C19H22ClNO2S/c1-15-9-11-17(12-10-15)24(22,23)21-13-5-4-6-16(14-21)18-7-2-3-8-19(18)20/h2-3,7-12,16H,4-6,13-14H2,1H3. The Morgan fingerprint density at radius 3 is 2.46 bits per heavy atom. The number of sulfonamides is 1. The molecule has 0 amide bonds. The van der Waals surface area contributed by atoms with Gasteiger partial charge in [0.2, 0.25) is 10.0 Å². The lowest BCUT2D eigenvalue weighted by Crippen LogP contribution is -2.34. The van der Waals surface area contributed by atoms with Crippen LogP contribution in [0.5, 0.6) is 0 Å². The zero-order chi connectivity index (χ0) is 17.2. The van der Waals surface area contributed by atoms with Crippen LogP contribution in [0.25, 0.3) is 0 Å². The van der Waals surface area contributed by atoms with Gasteiger partial charge >= 0.3 is 0 Å². The predicted molar refractivity (Wildman–Crippen MR) is 98.0 cm³/mol. The lowest BCUT2D eigenvalue weighted by Gasteiger charge is -2.25. The van der Waals surface area contributed by atoms with Crippen molar-refractivity contribution in [2.75, 3.05) is 13.1 Å². The number of halogens is 1. The molecule has 1 atom stereocenters. The summed E-state index contributed by atoms with van der Waals surface area (Å²) in [6.07, 6.45) is 2.85. The number of nitrogens with zero attached hydrogens (tertiary/aromatic N) is 1. The van der Waals surface area contributed by atoms with E-state index in [1.54, 1.807) is 16.4 Å². The second kappa shape index (κ2) is 7.26. The molecule has 1 fully saturated rings. The summed E-state index contributed by atoms with van der Waals surface area (Å²) in [6.45, 7) is 3.01. The first-order valence-electron chi connectivity index (χ1n) is 8.30.